The van der Waals surface area contributed by atoms with Crippen LogP contribution in [0, 0.1) is 5.92 Å². The molecule has 1 fully saturated rings. The number of β-amino-alcohol motifs (C(OH)–C–C–N with tert-alkyl or cyclic N) is 1. The SMILES string of the molecule is CC(C)[C@H](NC(=O)c1ccc2ccccc2n1)C(=O)N[C@@H](Cc1ccccc1)[C@H](O)CN1CC[C@@H](S(=O)(=O)Cc2ccncc2)CC1C(=O)NC(C)(C)C. The second-order valence-electron chi connectivity index (χ2n) is 15.5. The van der Waals surface area contributed by atoms with E-state index in [1.807, 2.05) is 100 Å². The molecule has 54 heavy (non-hydrogen) atoms. The van der Waals surface area contributed by atoms with E-state index in [4.69, 9.17) is 0 Å². The normalized spacial score (nSPS) is 18.4. The number of aliphatic hydroxyl groups is 1. The van der Waals surface area contributed by atoms with Crippen molar-refractivity contribution in [3.05, 3.63) is 108 Å². The van der Waals surface area contributed by atoms with E-state index in [1.165, 1.54) is 0 Å². The van der Waals surface area contributed by atoms with Crippen molar-refractivity contribution in [1.82, 2.24) is 30.8 Å². The minimum Gasteiger partial charge on any atom is -0.390 e. The van der Waals surface area contributed by atoms with Gasteiger partial charge in [-0.05, 0) is 81.3 Å². The highest BCUT2D eigenvalue weighted by atomic mass is 32.2. The van der Waals surface area contributed by atoms with Gasteiger partial charge in [-0.25, -0.2) is 13.4 Å². The maximum absolute atomic E-state index is 14.0. The Morgan fingerprint density at radius 2 is 1.59 bits per heavy atom. The Bertz CT molecular complexity index is 2000. The van der Waals surface area contributed by atoms with Crippen LogP contribution in [0.15, 0.2) is 91.3 Å². The first-order valence-electron chi connectivity index (χ1n) is 18.4. The fraction of sp³-hybridized carbons (Fsp3) is 0.439. The van der Waals surface area contributed by atoms with Crippen LogP contribution in [0.5, 0.6) is 0 Å². The highest BCUT2D eigenvalue weighted by molar-refractivity contribution is 7.91. The van der Waals surface area contributed by atoms with E-state index < -0.39 is 56.7 Å². The molecular formula is C41H52N6O6S. The van der Waals surface area contributed by atoms with Crippen LogP contribution < -0.4 is 16.0 Å². The van der Waals surface area contributed by atoms with E-state index in [0.717, 1.165) is 10.9 Å². The van der Waals surface area contributed by atoms with Gasteiger partial charge in [-0.15, -0.1) is 0 Å². The third-order valence-corrected chi connectivity index (χ3v) is 11.8. The van der Waals surface area contributed by atoms with Crippen LogP contribution in [0.3, 0.4) is 0 Å². The lowest BCUT2D eigenvalue weighted by Crippen LogP contribution is -2.60. The van der Waals surface area contributed by atoms with Gasteiger partial charge < -0.3 is 21.1 Å². The molecule has 1 unspecified atom stereocenters. The summed E-state index contributed by atoms with van der Waals surface area (Å²) in [6.07, 6.45) is 2.56. The fourth-order valence-corrected chi connectivity index (χ4v) is 8.65. The molecule has 1 aliphatic rings. The summed E-state index contributed by atoms with van der Waals surface area (Å²) in [4.78, 5) is 51.4. The van der Waals surface area contributed by atoms with Crippen molar-refractivity contribution >= 4 is 38.5 Å². The van der Waals surface area contributed by atoms with E-state index >= 15 is 0 Å². The lowest BCUT2D eigenvalue weighted by molar-refractivity contribution is -0.130. The Labute approximate surface area is 318 Å². The van der Waals surface area contributed by atoms with Crippen molar-refractivity contribution in [2.24, 2.45) is 5.92 Å². The van der Waals surface area contributed by atoms with Crippen LogP contribution >= 0.6 is 0 Å². The number of benzene rings is 2. The highest BCUT2D eigenvalue weighted by Gasteiger charge is 2.41. The average Bonchev–Trinajstić information content (AvgIpc) is 3.13. The minimum absolute atomic E-state index is 0.00313. The predicted octanol–water partition coefficient (Wildman–Crippen LogP) is 3.84. The van der Waals surface area contributed by atoms with E-state index in [-0.39, 0.29) is 55.6 Å². The maximum Gasteiger partial charge on any atom is 0.270 e. The average molecular weight is 757 g/mol. The first-order valence-corrected chi connectivity index (χ1v) is 20.2. The zero-order chi connectivity index (χ0) is 39.0. The molecule has 5 atom stereocenters. The molecule has 13 heteroatoms. The molecule has 0 bridgehead atoms. The van der Waals surface area contributed by atoms with Crippen molar-refractivity contribution in [2.75, 3.05) is 13.1 Å². The Balaban J connectivity index is 1.35. The summed E-state index contributed by atoms with van der Waals surface area (Å²) in [7, 11) is -3.62. The highest BCUT2D eigenvalue weighted by Crippen LogP contribution is 2.27. The Morgan fingerprint density at radius 1 is 0.907 bits per heavy atom. The van der Waals surface area contributed by atoms with Gasteiger partial charge in [0.1, 0.15) is 11.7 Å². The molecule has 3 amide bonds. The number of nitrogens with zero attached hydrogens (tertiary/aromatic N) is 3. The Kier molecular flexibility index (Phi) is 13.2. The smallest absolute Gasteiger partial charge is 0.270 e. The number of hydrogen-bond donors (Lipinski definition) is 4. The van der Waals surface area contributed by atoms with Gasteiger partial charge >= 0.3 is 0 Å². The van der Waals surface area contributed by atoms with Crippen molar-refractivity contribution in [3.63, 3.8) is 0 Å². The largest absolute Gasteiger partial charge is 0.390 e. The molecule has 4 aromatic rings. The second kappa shape index (κ2) is 17.6. The molecule has 288 valence electrons. The van der Waals surface area contributed by atoms with E-state index in [0.29, 0.717) is 11.1 Å². The van der Waals surface area contributed by atoms with Gasteiger partial charge in [0.15, 0.2) is 9.84 Å². The number of carbonyl (C=O) groups is 3. The number of pyridine rings is 2. The summed E-state index contributed by atoms with van der Waals surface area (Å²) in [6.45, 7) is 9.46. The molecule has 0 spiro atoms. The van der Waals surface area contributed by atoms with Gasteiger partial charge in [-0.2, -0.15) is 0 Å². The molecule has 2 aromatic carbocycles. The molecule has 4 N–H and O–H groups in total. The van der Waals surface area contributed by atoms with Gasteiger partial charge in [0, 0.05) is 36.4 Å². The second-order valence-corrected chi connectivity index (χ2v) is 17.8. The third kappa shape index (κ3) is 10.9. The molecule has 1 saturated heterocycles. The number of fused-ring (bicyclic) bond motifs is 1. The lowest BCUT2D eigenvalue weighted by Gasteiger charge is -2.41. The van der Waals surface area contributed by atoms with E-state index in [1.54, 1.807) is 30.6 Å². The number of nitrogens with one attached hydrogen (secondary N) is 3. The molecule has 0 saturated carbocycles. The standard InChI is InChI=1S/C41H52N6O6S/c1-27(2)37(45-38(49)33-16-15-30-13-9-10-14-32(30)43-33)40(51)44-34(23-28-11-7-6-8-12-28)36(48)25-47-22-19-31(24-35(47)39(50)46-41(3,4)5)54(52,53)26-29-17-20-42-21-18-29/h6-18,20-21,27,31,34-37,48H,19,22-26H2,1-5H3,(H,44,51)(H,45,49)(H,46,50)/t31-,34+,35?,36-,37+/m1/s1. The number of aromatic nitrogens is 2. The van der Waals surface area contributed by atoms with Crippen molar-refractivity contribution < 1.29 is 27.9 Å². The molecular weight excluding hydrogens is 705 g/mol. The van der Waals surface area contributed by atoms with Crippen molar-refractivity contribution in [3.8, 4) is 0 Å². The van der Waals surface area contributed by atoms with E-state index in [9.17, 15) is 27.9 Å². The topological polar surface area (TPSA) is 171 Å². The fourth-order valence-electron chi connectivity index (χ4n) is 6.82. The maximum atomic E-state index is 14.0. The van der Waals surface area contributed by atoms with Crippen LogP contribution in [-0.2, 0) is 31.6 Å². The zero-order valence-corrected chi connectivity index (χ0v) is 32.4. The third-order valence-electron chi connectivity index (χ3n) is 9.67. The lowest BCUT2D eigenvalue weighted by atomic mass is 9.95. The van der Waals surface area contributed by atoms with Crippen LogP contribution in [0.4, 0.5) is 0 Å². The van der Waals surface area contributed by atoms with Crippen molar-refractivity contribution in [2.45, 2.75) is 94.7 Å². The number of rotatable bonds is 14. The number of para-hydroxylation sites is 1. The molecule has 5 rings (SSSR count). The van der Waals surface area contributed by atoms with Crippen molar-refractivity contribution in [1.29, 1.82) is 0 Å². The number of piperidine rings is 1. The minimum atomic E-state index is -3.62. The molecule has 2 aromatic heterocycles. The number of aliphatic hydroxyl groups excluding tert-OH is 1. The molecule has 1 aliphatic heterocycles. The number of hydrogen-bond acceptors (Lipinski definition) is 9. The molecule has 3 heterocycles. The first kappa shape index (κ1) is 40.5. The number of amides is 3. The zero-order valence-electron chi connectivity index (χ0n) is 31.6. The van der Waals surface area contributed by atoms with E-state index in [2.05, 4.69) is 25.9 Å². The number of sulfone groups is 1. The summed E-state index contributed by atoms with van der Waals surface area (Å²) in [5.74, 6) is -1.76. The quantitative estimate of drug-likeness (QED) is 0.149. The summed E-state index contributed by atoms with van der Waals surface area (Å²) in [6, 6.07) is 21.1. The van der Waals surface area contributed by atoms with Crippen LogP contribution in [0.25, 0.3) is 10.9 Å². The number of carbonyl (C=O) groups excluding carboxylic acids is 3. The number of likely N-dealkylation sites (tertiary alicyclic amines) is 1. The van der Waals surface area contributed by atoms with Crippen LogP contribution in [0.2, 0.25) is 0 Å². The molecule has 0 radical (unpaired) electrons. The van der Waals surface area contributed by atoms with Crippen LogP contribution in [0.1, 0.15) is 69.1 Å². The summed E-state index contributed by atoms with van der Waals surface area (Å²) < 4.78 is 27.2. The Hall–Kier alpha value is -4.72. The summed E-state index contributed by atoms with van der Waals surface area (Å²) in [5.41, 5.74) is 1.76. The van der Waals surface area contributed by atoms with Gasteiger partial charge in [0.05, 0.1) is 34.7 Å². The van der Waals surface area contributed by atoms with Gasteiger partial charge in [0.2, 0.25) is 11.8 Å². The van der Waals surface area contributed by atoms with Crippen LogP contribution in [-0.4, -0.2) is 94.2 Å². The molecule has 12 nitrogen and oxygen atoms in total. The van der Waals surface area contributed by atoms with Gasteiger partial charge in [-0.1, -0.05) is 68.4 Å². The predicted molar refractivity (Wildman–Crippen MR) is 209 cm³/mol. The Morgan fingerprint density at radius 3 is 2.28 bits per heavy atom. The van der Waals surface area contributed by atoms with Gasteiger partial charge in [-0.3, -0.25) is 24.3 Å². The first-order chi connectivity index (χ1) is 25.6. The summed E-state index contributed by atoms with van der Waals surface area (Å²) >= 11 is 0. The summed E-state index contributed by atoms with van der Waals surface area (Å²) in [5, 5.41) is 20.9. The monoisotopic (exact) mass is 756 g/mol. The van der Waals surface area contributed by atoms with Gasteiger partial charge in [0.25, 0.3) is 5.91 Å². The molecule has 0 aliphatic carbocycles.